The summed E-state index contributed by atoms with van der Waals surface area (Å²) in [7, 11) is 0. The van der Waals surface area contributed by atoms with Crippen molar-refractivity contribution in [3.05, 3.63) is 64.8 Å². The fourth-order valence-corrected chi connectivity index (χ4v) is 2.41. The van der Waals surface area contributed by atoms with E-state index in [0.29, 0.717) is 17.0 Å². The molecule has 0 aliphatic rings. The zero-order chi connectivity index (χ0) is 14.8. The molecule has 3 aromatic rings. The van der Waals surface area contributed by atoms with Gasteiger partial charge >= 0.3 is 0 Å². The van der Waals surface area contributed by atoms with Crippen LogP contribution in [0.2, 0.25) is 0 Å². The second kappa shape index (κ2) is 5.65. The maximum absolute atomic E-state index is 13.1. The van der Waals surface area contributed by atoms with Crippen LogP contribution in [-0.2, 0) is 11.2 Å². The first kappa shape index (κ1) is 13.8. The molecule has 0 atom stereocenters. The zero-order valence-electron chi connectivity index (χ0n) is 10.9. The Bertz CT molecular complexity index is 816. The Balaban J connectivity index is 1.75. The first-order valence-electron chi connectivity index (χ1n) is 6.29. The number of anilines is 1. The summed E-state index contributed by atoms with van der Waals surface area (Å²) in [6.45, 7) is 0. The molecule has 3 rings (SSSR count). The van der Waals surface area contributed by atoms with Crippen LogP contribution in [0.25, 0.3) is 5.65 Å². The van der Waals surface area contributed by atoms with Crippen molar-refractivity contribution in [3.63, 3.8) is 0 Å². The number of hydrogen-bond acceptors (Lipinski definition) is 2. The number of benzene rings is 1. The Morgan fingerprint density at radius 3 is 2.86 bits per heavy atom. The van der Waals surface area contributed by atoms with Gasteiger partial charge in [-0.3, -0.25) is 4.79 Å². The number of rotatable bonds is 3. The predicted octanol–water partition coefficient (Wildman–Crippen LogP) is 3.42. The number of hydrogen-bond donors (Lipinski definition) is 1. The summed E-state index contributed by atoms with van der Waals surface area (Å²) in [6.07, 6.45) is 3.11. The van der Waals surface area contributed by atoms with E-state index < -0.39 is 0 Å². The minimum Gasteiger partial charge on any atom is -0.325 e. The summed E-state index contributed by atoms with van der Waals surface area (Å²) in [5, 5.41) is 2.81. The highest BCUT2D eigenvalue weighted by Gasteiger charge is 2.09. The smallest absolute Gasteiger partial charge is 0.230 e. The molecule has 0 spiro atoms. The third-order valence-corrected chi connectivity index (χ3v) is 3.65. The molecule has 2 heterocycles. The van der Waals surface area contributed by atoms with Gasteiger partial charge in [-0.25, -0.2) is 9.37 Å². The molecule has 0 unspecified atom stereocenters. The van der Waals surface area contributed by atoms with E-state index in [4.69, 9.17) is 0 Å². The summed E-state index contributed by atoms with van der Waals surface area (Å²) in [5.74, 6) is -0.519. The molecule has 1 amide bonds. The van der Waals surface area contributed by atoms with Crippen LogP contribution in [0.3, 0.4) is 0 Å². The molecular weight excluding hydrogens is 337 g/mol. The monoisotopic (exact) mass is 347 g/mol. The van der Waals surface area contributed by atoms with Gasteiger partial charge in [0.2, 0.25) is 5.91 Å². The Morgan fingerprint density at radius 1 is 1.24 bits per heavy atom. The van der Waals surface area contributed by atoms with Crippen molar-refractivity contribution in [2.45, 2.75) is 6.42 Å². The molecule has 0 saturated carbocycles. The highest BCUT2D eigenvalue weighted by atomic mass is 79.9. The van der Waals surface area contributed by atoms with Gasteiger partial charge in [0, 0.05) is 16.9 Å². The number of halogens is 2. The van der Waals surface area contributed by atoms with Crippen LogP contribution < -0.4 is 5.32 Å². The number of carbonyl (C=O) groups excluding carboxylic acids is 1. The van der Waals surface area contributed by atoms with E-state index in [1.54, 1.807) is 22.7 Å². The normalized spacial score (nSPS) is 10.8. The third-order valence-electron chi connectivity index (χ3n) is 2.95. The fourth-order valence-electron chi connectivity index (χ4n) is 2.02. The quantitative estimate of drug-likeness (QED) is 0.789. The number of para-hydroxylation sites is 1. The van der Waals surface area contributed by atoms with Gasteiger partial charge in [-0.2, -0.15) is 0 Å². The predicted molar refractivity (Wildman–Crippen MR) is 81.6 cm³/mol. The zero-order valence-corrected chi connectivity index (χ0v) is 12.5. The molecule has 0 aliphatic heterocycles. The van der Waals surface area contributed by atoms with Gasteiger partial charge in [-0.1, -0.05) is 12.1 Å². The van der Waals surface area contributed by atoms with Crippen LogP contribution in [0.4, 0.5) is 10.1 Å². The molecule has 2 aromatic heterocycles. The summed E-state index contributed by atoms with van der Waals surface area (Å²) in [4.78, 5) is 16.3. The number of nitrogens with zero attached hydrogens (tertiary/aromatic N) is 2. The highest BCUT2D eigenvalue weighted by molar-refractivity contribution is 9.10. The lowest BCUT2D eigenvalue weighted by molar-refractivity contribution is -0.115. The summed E-state index contributed by atoms with van der Waals surface area (Å²) >= 11 is 3.37. The minimum atomic E-state index is -0.343. The molecule has 1 aromatic carbocycles. The Morgan fingerprint density at radius 2 is 2.05 bits per heavy atom. The van der Waals surface area contributed by atoms with Crippen LogP contribution in [0.1, 0.15) is 5.69 Å². The van der Waals surface area contributed by atoms with Crippen LogP contribution in [0.5, 0.6) is 0 Å². The first-order chi connectivity index (χ1) is 10.1. The van der Waals surface area contributed by atoms with Gasteiger partial charge in [-0.05, 0) is 40.2 Å². The molecule has 0 fully saturated rings. The third kappa shape index (κ3) is 3.11. The van der Waals surface area contributed by atoms with Crippen LogP contribution in [0.15, 0.2) is 53.3 Å². The van der Waals surface area contributed by atoms with Gasteiger partial charge in [-0.15, -0.1) is 0 Å². The number of fused-ring (bicyclic) bond motifs is 1. The SMILES string of the molecule is O=C(Cc1cn2cc(F)ccc2n1)Nc1ccccc1Br. The number of aromatic nitrogens is 2. The summed E-state index contributed by atoms with van der Waals surface area (Å²) < 4.78 is 15.5. The van der Waals surface area contributed by atoms with E-state index >= 15 is 0 Å². The van der Waals surface area contributed by atoms with E-state index in [2.05, 4.69) is 26.2 Å². The average molecular weight is 348 g/mol. The van der Waals surface area contributed by atoms with E-state index in [1.807, 2.05) is 18.2 Å². The van der Waals surface area contributed by atoms with Crippen LogP contribution >= 0.6 is 15.9 Å². The number of imidazole rings is 1. The topological polar surface area (TPSA) is 46.4 Å². The largest absolute Gasteiger partial charge is 0.325 e. The van der Waals surface area contributed by atoms with Crippen molar-refractivity contribution in [3.8, 4) is 0 Å². The van der Waals surface area contributed by atoms with Gasteiger partial charge in [0.15, 0.2) is 0 Å². The molecule has 0 saturated heterocycles. The maximum Gasteiger partial charge on any atom is 0.230 e. The summed E-state index contributed by atoms with van der Waals surface area (Å²) in [6, 6.07) is 10.3. The van der Waals surface area contributed by atoms with E-state index in [1.165, 1.54) is 12.3 Å². The number of carbonyl (C=O) groups is 1. The number of nitrogens with one attached hydrogen (secondary N) is 1. The molecule has 21 heavy (non-hydrogen) atoms. The highest BCUT2D eigenvalue weighted by Crippen LogP contribution is 2.21. The van der Waals surface area contributed by atoms with Crippen molar-refractivity contribution in [1.29, 1.82) is 0 Å². The average Bonchev–Trinajstić information content (AvgIpc) is 2.82. The Labute approximate surface area is 128 Å². The van der Waals surface area contributed by atoms with Crippen molar-refractivity contribution >= 4 is 33.2 Å². The van der Waals surface area contributed by atoms with Crippen molar-refractivity contribution in [2.75, 3.05) is 5.32 Å². The second-order valence-electron chi connectivity index (χ2n) is 4.55. The number of pyridine rings is 1. The lowest BCUT2D eigenvalue weighted by atomic mass is 10.3. The minimum absolute atomic E-state index is 0.130. The molecule has 0 radical (unpaired) electrons. The second-order valence-corrected chi connectivity index (χ2v) is 5.40. The Hall–Kier alpha value is -2.21. The van der Waals surface area contributed by atoms with Gasteiger partial charge in [0.05, 0.1) is 17.8 Å². The van der Waals surface area contributed by atoms with Crippen LogP contribution in [0, 0.1) is 5.82 Å². The molecule has 1 N–H and O–H groups in total. The maximum atomic E-state index is 13.1. The molecular formula is C15H11BrFN3O. The summed E-state index contributed by atoms with van der Waals surface area (Å²) in [5.41, 5.74) is 1.91. The van der Waals surface area contributed by atoms with Crippen molar-refractivity contribution in [2.24, 2.45) is 0 Å². The molecule has 6 heteroatoms. The van der Waals surface area contributed by atoms with Gasteiger partial charge < -0.3 is 9.72 Å². The number of amides is 1. The molecule has 106 valence electrons. The molecule has 4 nitrogen and oxygen atoms in total. The first-order valence-corrected chi connectivity index (χ1v) is 7.08. The lowest BCUT2D eigenvalue weighted by Crippen LogP contribution is -2.14. The van der Waals surface area contributed by atoms with Crippen molar-refractivity contribution in [1.82, 2.24) is 9.38 Å². The van der Waals surface area contributed by atoms with E-state index in [0.717, 1.165) is 4.47 Å². The van der Waals surface area contributed by atoms with Crippen LogP contribution in [-0.4, -0.2) is 15.3 Å². The molecule has 0 bridgehead atoms. The molecule has 0 aliphatic carbocycles. The van der Waals surface area contributed by atoms with Gasteiger partial charge in [0.25, 0.3) is 0 Å². The van der Waals surface area contributed by atoms with Gasteiger partial charge in [0.1, 0.15) is 11.5 Å². The van der Waals surface area contributed by atoms with E-state index in [-0.39, 0.29) is 18.1 Å². The fraction of sp³-hybridized carbons (Fsp3) is 0.0667. The van der Waals surface area contributed by atoms with Crippen molar-refractivity contribution < 1.29 is 9.18 Å². The lowest BCUT2D eigenvalue weighted by Gasteiger charge is -2.05. The van der Waals surface area contributed by atoms with E-state index in [9.17, 15) is 9.18 Å². The Kier molecular flexibility index (Phi) is 3.70. The standard InChI is InChI=1S/C15H11BrFN3O/c16-12-3-1-2-4-13(12)19-15(21)7-11-9-20-8-10(17)5-6-14(20)18-11/h1-6,8-9H,7H2,(H,19,21).